The van der Waals surface area contributed by atoms with Crippen LogP contribution in [0.25, 0.3) is 0 Å². The number of halogens is 1. The molecule has 20 heavy (non-hydrogen) atoms. The molecule has 0 saturated carbocycles. The zero-order chi connectivity index (χ0) is 14.6. The van der Waals surface area contributed by atoms with Crippen molar-refractivity contribution in [1.29, 1.82) is 0 Å². The Morgan fingerprint density at radius 3 is 2.50 bits per heavy atom. The minimum Gasteiger partial charge on any atom is -0.384 e. The molecule has 2 N–H and O–H groups in total. The minimum absolute atomic E-state index is 0.220. The molecule has 0 aromatic heterocycles. The summed E-state index contributed by atoms with van der Waals surface area (Å²) in [6.07, 6.45) is 0. The van der Waals surface area contributed by atoms with Crippen LogP contribution in [0.4, 0.5) is 4.39 Å². The molecule has 0 fully saturated rings. The summed E-state index contributed by atoms with van der Waals surface area (Å²) in [6.45, 7) is 4.71. The van der Waals surface area contributed by atoms with Gasteiger partial charge in [0, 0.05) is 13.1 Å². The predicted molar refractivity (Wildman–Crippen MR) is 78.9 cm³/mol. The second kappa shape index (κ2) is 6.16. The molecule has 1 unspecified atom stereocenters. The lowest BCUT2D eigenvalue weighted by atomic mass is 9.96. The van der Waals surface area contributed by atoms with E-state index in [0.717, 1.165) is 16.7 Å². The van der Waals surface area contributed by atoms with Gasteiger partial charge in [-0.1, -0.05) is 36.4 Å². The summed E-state index contributed by atoms with van der Waals surface area (Å²) in [7, 11) is 0. The molecule has 106 valence electrons. The quantitative estimate of drug-likeness (QED) is 0.877. The first-order valence-electron chi connectivity index (χ1n) is 6.73. The summed E-state index contributed by atoms with van der Waals surface area (Å²) < 4.78 is 13.0. The number of nitrogens with one attached hydrogen (secondary N) is 1. The van der Waals surface area contributed by atoms with Crippen molar-refractivity contribution < 1.29 is 9.50 Å². The van der Waals surface area contributed by atoms with Gasteiger partial charge in [-0.3, -0.25) is 0 Å². The first kappa shape index (κ1) is 14.7. The van der Waals surface area contributed by atoms with E-state index in [1.807, 2.05) is 37.3 Å². The molecule has 0 saturated heterocycles. The van der Waals surface area contributed by atoms with Crippen LogP contribution in [0.5, 0.6) is 0 Å². The van der Waals surface area contributed by atoms with E-state index < -0.39 is 5.60 Å². The van der Waals surface area contributed by atoms with Gasteiger partial charge in [0.1, 0.15) is 5.82 Å². The van der Waals surface area contributed by atoms with E-state index in [2.05, 4.69) is 5.32 Å². The van der Waals surface area contributed by atoms with Gasteiger partial charge in [0.15, 0.2) is 0 Å². The average Bonchev–Trinajstić information content (AvgIpc) is 2.42. The average molecular weight is 273 g/mol. The third-order valence-corrected chi connectivity index (χ3v) is 3.49. The van der Waals surface area contributed by atoms with Crippen LogP contribution in [-0.2, 0) is 12.1 Å². The molecule has 0 amide bonds. The number of rotatable bonds is 5. The highest BCUT2D eigenvalue weighted by Gasteiger charge is 2.21. The van der Waals surface area contributed by atoms with Crippen molar-refractivity contribution in [3.63, 3.8) is 0 Å². The highest BCUT2D eigenvalue weighted by molar-refractivity contribution is 5.26. The van der Waals surface area contributed by atoms with E-state index in [4.69, 9.17) is 0 Å². The van der Waals surface area contributed by atoms with Crippen LogP contribution in [0, 0.1) is 12.7 Å². The fourth-order valence-electron chi connectivity index (χ4n) is 2.20. The first-order valence-corrected chi connectivity index (χ1v) is 6.73. The molecule has 2 aromatic rings. The largest absolute Gasteiger partial charge is 0.384 e. The number of benzene rings is 2. The zero-order valence-electron chi connectivity index (χ0n) is 11.9. The molecule has 2 aromatic carbocycles. The van der Waals surface area contributed by atoms with Crippen molar-refractivity contribution in [3.8, 4) is 0 Å². The molecule has 1 atom stereocenters. The Kier molecular flexibility index (Phi) is 4.53. The van der Waals surface area contributed by atoms with E-state index in [1.54, 1.807) is 13.0 Å². The van der Waals surface area contributed by atoms with Gasteiger partial charge in [0.25, 0.3) is 0 Å². The van der Waals surface area contributed by atoms with Gasteiger partial charge in [0.2, 0.25) is 0 Å². The minimum atomic E-state index is -0.921. The summed E-state index contributed by atoms with van der Waals surface area (Å²) in [5.74, 6) is -0.220. The summed E-state index contributed by atoms with van der Waals surface area (Å²) in [6, 6.07) is 14.3. The monoisotopic (exact) mass is 273 g/mol. The molecule has 2 rings (SSSR count). The Labute approximate surface area is 119 Å². The molecule has 0 aliphatic carbocycles. The maximum atomic E-state index is 13.0. The third kappa shape index (κ3) is 3.65. The molecule has 0 heterocycles. The third-order valence-electron chi connectivity index (χ3n) is 3.49. The fraction of sp³-hybridized carbons (Fsp3) is 0.294. The molecule has 0 aliphatic heterocycles. The summed E-state index contributed by atoms with van der Waals surface area (Å²) in [5, 5.41) is 13.7. The van der Waals surface area contributed by atoms with Crippen molar-refractivity contribution in [3.05, 3.63) is 71.0 Å². The van der Waals surface area contributed by atoms with Gasteiger partial charge >= 0.3 is 0 Å². The van der Waals surface area contributed by atoms with Gasteiger partial charge in [-0.2, -0.15) is 0 Å². The lowest BCUT2D eigenvalue weighted by molar-refractivity contribution is 0.0566. The van der Waals surface area contributed by atoms with E-state index >= 15 is 0 Å². The number of aliphatic hydroxyl groups is 1. The second-order valence-corrected chi connectivity index (χ2v) is 5.31. The van der Waals surface area contributed by atoms with Gasteiger partial charge in [-0.05, 0) is 42.7 Å². The van der Waals surface area contributed by atoms with Crippen LogP contribution >= 0.6 is 0 Å². The fourth-order valence-corrected chi connectivity index (χ4v) is 2.20. The van der Waals surface area contributed by atoms with Gasteiger partial charge in [-0.25, -0.2) is 4.39 Å². The highest BCUT2D eigenvalue weighted by Crippen LogP contribution is 2.19. The zero-order valence-corrected chi connectivity index (χ0v) is 11.9. The predicted octanol–water partition coefficient (Wildman–Crippen LogP) is 3.13. The van der Waals surface area contributed by atoms with E-state index in [1.165, 1.54) is 12.1 Å². The SMILES string of the molecule is Cc1cc(F)ccc1CNCC(C)(O)c1ccccc1. The van der Waals surface area contributed by atoms with Crippen molar-refractivity contribution in [2.24, 2.45) is 0 Å². The molecule has 0 radical (unpaired) electrons. The van der Waals surface area contributed by atoms with Gasteiger partial charge in [0.05, 0.1) is 5.60 Å². The van der Waals surface area contributed by atoms with E-state index in [9.17, 15) is 9.50 Å². The number of hydrogen-bond acceptors (Lipinski definition) is 2. The Bertz CT molecular complexity index is 566. The normalized spacial score (nSPS) is 14.0. The highest BCUT2D eigenvalue weighted by atomic mass is 19.1. The molecule has 2 nitrogen and oxygen atoms in total. The second-order valence-electron chi connectivity index (χ2n) is 5.31. The Balaban J connectivity index is 1.95. The standard InChI is InChI=1S/C17H20FNO/c1-13-10-16(18)9-8-14(13)11-19-12-17(2,20)15-6-4-3-5-7-15/h3-10,19-20H,11-12H2,1-2H3. The Morgan fingerprint density at radius 1 is 1.15 bits per heavy atom. The van der Waals surface area contributed by atoms with Crippen LogP contribution in [0.3, 0.4) is 0 Å². The topological polar surface area (TPSA) is 32.3 Å². The first-order chi connectivity index (χ1) is 9.49. The van der Waals surface area contributed by atoms with Crippen LogP contribution in [0.2, 0.25) is 0 Å². The van der Waals surface area contributed by atoms with Crippen molar-refractivity contribution in [2.45, 2.75) is 26.0 Å². The smallest absolute Gasteiger partial charge is 0.123 e. The molecule has 0 aliphatic rings. The van der Waals surface area contributed by atoms with Gasteiger partial charge < -0.3 is 10.4 Å². The van der Waals surface area contributed by atoms with Crippen molar-refractivity contribution in [2.75, 3.05) is 6.54 Å². The summed E-state index contributed by atoms with van der Waals surface area (Å²) in [5.41, 5.74) is 1.91. The molecule has 0 bridgehead atoms. The molecular weight excluding hydrogens is 253 g/mol. The van der Waals surface area contributed by atoms with Gasteiger partial charge in [-0.15, -0.1) is 0 Å². The van der Waals surface area contributed by atoms with E-state index in [0.29, 0.717) is 13.1 Å². The molecular formula is C17H20FNO. The lowest BCUT2D eigenvalue weighted by Gasteiger charge is -2.24. The summed E-state index contributed by atoms with van der Waals surface area (Å²) >= 11 is 0. The Morgan fingerprint density at radius 2 is 1.85 bits per heavy atom. The van der Waals surface area contributed by atoms with Crippen LogP contribution in [0.15, 0.2) is 48.5 Å². The van der Waals surface area contributed by atoms with Crippen LogP contribution in [-0.4, -0.2) is 11.7 Å². The maximum absolute atomic E-state index is 13.0. The van der Waals surface area contributed by atoms with Crippen LogP contribution in [0.1, 0.15) is 23.6 Å². The number of aryl methyl sites for hydroxylation is 1. The van der Waals surface area contributed by atoms with E-state index in [-0.39, 0.29) is 5.82 Å². The molecule has 3 heteroatoms. The van der Waals surface area contributed by atoms with Crippen molar-refractivity contribution in [1.82, 2.24) is 5.32 Å². The summed E-state index contributed by atoms with van der Waals surface area (Å²) in [4.78, 5) is 0. The van der Waals surface area contributed by atoms with Crippen LogP contribution < -0.4 is 5.32 Å². The number of hydrogen-bond donors (Lipinski definition) is 2. The maximum Gasteiger partial charge on any atom is 0.123 e. The lowest BCUT2D eigenvalue weighted by Crippen LogP contribution is -2.35. The Hall–Kier alpha value is -1.71. The molecule has 0 spiro atoms. The van der Waals surface area contributed by atoms with Crippen molar-refractivity contribution >= 4 is 0 Å².